The fourth-order valence-corrected chi connectivity index (χ4v) is 3.93. The summed E-state index contributed by atoms with van der Waals surface area (Å²) in [7, 11) is -4.27. The molecule has 112 valence electrons. The van der Waals surface area contributed by atoms with Gasteiger partial charge < -0.3 is 4.74 Å². The third-order valence-electron chi connectivity index (χ3n) is 3.10. The molecule has 0 aromatic heterocycles. The van der Waals surface area contributed by atoms with Crippen molar-refractivity contribution in [1.29, 1.82) is 0 Å². The molecule has 0 N–H and O–H groups in total. The van der Waals surface area contributed by atoms with Crippen LogP contribution in [0.1, 0.15) is 19.4 Å². The van der Waals surface area contributed by atoms with Crippen molar-refractivity contribution in [2.75, 3.05) is 13.3 Å². The quantitative estimate of drug-likeness (QED) is 0.843. The molecule has 1 aromatic carbocycles. The van der Waals surface area contributed by atoms with Gasteiger partial charge in [0.15, 0.2) is 0 Å². The molecule has 1 fully saturated rings. The molecule has 1 aromatic rings. The SMILES string of the molecule is CC1(C)COCN1S(=O)(=O)c1ccccc1C(F)(F)F. The zero-order valence-electron chi connectivity index (χ0n) is 10.9. The minimum Gasteiger partial charge on any atom is -0.363 e. The molecule has 1 aliphatic heterocycles. The van der Waals surface area contributed by atoms with Crippen LogP contribution in [0, 0.1) is 0 Å². The minimum absolute atomic E-state index is 0.139. The maximum Gasteiger partial charge on any atom is 0.417 e. The van der Waals surface area contributed by atoms with Crippen LogP contribution in [-0.2, 0) is 20.9 Å². The van der Waals surface area contributed by atoms with Crippen molar-refractivity contribution in [3.05, 3.63) is 29.8 Å². The molecule has 2 rings (SSSR count). The van der Waals surface area contributed by atoms with Crippen molar-refractivity contribution in [3.63, 3.8) is 0 Å². The van der Waals surface area contributed by atoms with E-state index in [2.05, 4.69) is 0 Å². The standard InChI is InChI=1S/C12H14F3NO3S/c1-11(2)7-19-8-16(11)20(17,18)10-6-4-3-5-9(10)12(13,14)15/h3-6H,7-8H2,1-2H3. The summed E-state index contributed by atoms with van der Waals surface area (Å²) < 4.78 is 69.8. The Bertz CT molecular complexity index is 611. The van der Waals surface area contributed by atoms with Crippen molar-refractivity contribution >= 4 is 10.0 Å². The van der Waals surface area contributed by atoms with Crippen LogP contribution in [0.2, 0.25) is 0 Å². The third-order valence-corrected chi connectivity index (χ3v) is 5.19. The lowest BCUT2D eigenvalue weighted by molar-refractivity contribution is -0.139. The van der Waals surface area contributed by atoms with Crippen LogP contribution in [0.3, 0.4) is 0 Å². The van der Waals surface area contributed by atoms with Crippen molar-refractivity contribution in [3.8, 4) is 0 Å². The van der Waals surface area contributed by atoms with Crippen LogP contribution in [0.4, 0.5) is 13.2 Å². The van der Waals surface area contributed by atoms with Crippen molar-refractivity contribution in [2.45, 2.75) is 30.5 Å². The van der Waals surface area contributed by atoms with E-state index in [-0.39, 0.29) is 13.3 Å². The lowest BCUT2D eigenvalue weighted by Gasteiger charge is -2.29. The highest BCUT2D eigenvalue weighted by Gasteiger charge is 2.45. The Morgan fingerprint density at radius 3 is 2.35 bits per heavy atom. The lowest BCUT2D eigenvalue weighted by atomic mass is 10.1. The first kappa shape index (κ1) is 15.3. The van der Waals surface area contributed by atoms with E-state index in [1.165, 1.54) is 6.07 Å². The van der Waals surface area contributed by atoms with Crippen LogP contribution in [0.25, 0.3) is 0 Å². The van der Waals surface area contributed by atoms with Gasteiger partial charge >= 0.3 is 6.18 Å². The highest BCUT2D eigenvalue weighted by atomic mass is 32.2. The monoisotopic (exact) mass is 309 g/mol. The number of benzene rings is 1. The summed E-state index contributed by atoms with van der Waals surface area (Å²) >= 11 is 0. The topological polar surface area (TPSA) is 46.6 Å². The molecule has 0 atom stereocenters. The van der Waals surface area contributed by atoms with Gasteiger partial charge in [-0.25, -0.2) is 8.42 Å². The van der Waals surface area contributed by atoms with E-state index in [1.807, 2.05) is 0 Å². The predicted molar refractivity (Wildman–Crippen MR) is 65.4 cm³/mol. The normalized spacial score (nSPS) is 20.2. The van der Waals surface area contributed by atoms with Gasteiger partial charge in [-0.15, -0.1) is 0 Å². The van der Waals surface area contributed by atoms with Gasteiger partial charge in [0.25, 0.3) is 0 Å². The first-order valence-corrected chi connectivity index (χ1v) is 7.28. The Hall–Kier alpha value is -1.12. The maximum atomic E-state index is 12.9. The molecule has 0 spiro atoms. The molecule has 0 saturated carbocycles. The number of hydrogen-bond acceptors (Lipinski definition) is 3. The molecule has 4 nitrogen and oxygen atoms in total. The predicted octanol–water partition coefficient (Wildman–Crippen LogP) is 2.46. The van der Waals surface area contributed by atoms with Gasteiger partial charge in [0.1, 0.15) is 6.73 Å². The summed E-state index contributed by atoms with van der Waals surface area (Å²) in [6.45, 7) is 3.10. The molecule has 1 saturated heterocycles. The van der Waals surface area contributed by atoms with Crippen LogP contribution in [0.15, 0.2) is 29.2 Å². The zero-order chi connectivity index (χ0) is 15.2. The molecule has 0 radical (unpaired) electrons. The van der Waals surface area contributed by atoms with Gasteiger partial charge in [0.05, 0.1) is 22.6 Å². The summed E-state index contributed by atoms with van der Waals surface area (Å²) in [6, 6.07) is 4.16. The van der Waals surface area contributed by atoms with Crippen LogP contribution in [-0.4, -0.2) is 31.6 Å². The summed E-state index contributed by atoms with van der Waals surface area (Å²) in [6.07, 6.45) is -4.73. The number of nitrogens with zero attached hydrogens (tertiary/aromatic N) is 1. The second-order valence-electron chi connectivity index (χ2n) is 5.14. The highest BCUT2D eigenvalue weighted by Crippen LogP contribution is 2.37. The molecule has 0 aliphatic carbocycles. The second kappa shape index (κ2) is 4.71. The number of rotatable bonds is 2. The molecule has 0 bridgehead atoms. The van der Waals surface area contributed by atoms with E-state index in [4.69, 9.17) is 4.74 Å². The molecule has 1 aliphatic rings. The van der Waals surface area contributed by atoms with Gasteiger partial charge in [0.2, 0.25) is 10.0 Å². The average Bonchev–Trinajstić information content (AvgIpc) is 2.68. The average molecular weight is 309 g/mol. The first-order valence-electron chi connectivity index (χ1n) is 5.84. The van der Waals surface area contributed by atoms with Crippen molar-refractivity contribution in [1.82, 2.24) is 4.31 Å². The summed E-state index contributed by atoms with van der Waals surface area (Å²) in [5, 5.41) is 0. The number of sulfonamides is 1. The minimum atomic E-state index is -4.73. The molecule has 0 unspecified atom stereocenters. The zero-order valence-corrected chi connectivity index (χ0v) is 11.8. The molecule has 1 heterocycles. The third kappa shape index (κ3) is 2.55. The van der Waals surface area contributed by atoms with E-state index in [0.717, 1.165) is 22.5 Å². The summed E-state index contributed by atoms with van der Waals surface area (Å²) in [4.78, 5) is -0.744. The van der Waals surface area contributed by atoms with Crippen LogP contribution < -0.4 is 0 Å². The lowest BCUT2D eigenvalue weighted by Crippen LogP contribution is -2.44. The molecular formula is C12H14F3NO3S. The van der Waals surface area contributed by atoms with Crippen molar-refractivity contribution in [2.24, 2.45) is 0 Å². The van der Waals surface area contributed by atoms with Gasteiger partial charge in [-0.05, 0) is 26.0 Å². The number of hydrogen-bond donors (Lipinski definition) is 0. The smallest absolute Gasteiger partial charge is 0.363 e. The molecule has 0 amide bonds. The Morgan fingerprint density at radius 1 is 1.25 bits per heavy atom. The van der Waals surface area contributed by atoms with Gasteiger partial charge in [-0.3, -0.25) is 0 Å². The second-order valence-corrected chi connectivity index (χ2v) is 6.97. The van der Waals surface area contributed by atoms with Gasteiger partial charge in [-0.1, -0.05) is 12.1 Å². The maximum absolute atomic E-state index is 12.9. The molecule has 8 heteroatoms. The van der Waals surface area contributed by atoms with Crippen LogP contribution >= 0.6 is 0 Å². The summed E-state index contributed by atoms with van der Waals surface area (Å²) in [5.74, 6) is 0. The molecular weight excluding hydrogens is 295 g/mol. The fourth-order valence-electron chi connectivity index (χ4n) is 2.06. The van der Waals surface area contributed by atoms with Gasteiger partial charge in [-0.2, -0.15) is 17.5 Å². The Morgan fingerprint density at radius 2 is 1.85 bits per heavy atom. The van der Waals surface area contributed by atoms with Crippen molar-refractivity contribution < 1.29 is 26.3 Å². The Balaban J connectivity index is 2.57. The van der Waals surface area contributed by atoms with E-state index in [1.54, 1.807) is 13.8 Å². The Labute approximate surface area is 115 Å². The number of halogens is 3. The van der Waals surface area contributed by atoms with Crippen LogP contribution in [0.5, 0.6) is 0 Å². The van der Waals surface area contributed by atoms with E-state index in [9.17, 15) is 21.6 Å². The van der Waals surface area contributed by atoms with Gasteiger partial charge in [0, 0.05) is 0 Å². The van der Waals surface area contributed by atoms with E-state index < -0.39 is 32.2 Å². The van der Waals surface area contributed by atoms with E-state index in [0.29, 0.717) is 0 Å². The first-order chi connectivity index (χ1) is 9.07. The highest BCUT2D eigenvalue weighted by molar-refractivity contribution is 7.89. The summed E-state index contributed by atoms with van der Waals surface area (Å²) in [5.41, 5.74) is -2.04. The largest absolute Gasteiger partial charge is 0.417 e. The molecule has 20 heavy (non-hydrogen) atoms. The number of ether oxygens (including phenoxy) is 1. The Kier molecular flexibility index (Phi) is 3.60. The number of alkyl halides is 3. The van der Waals surface area contributed by atoms with E-state index >= 15 is 0 Å². The fraction of sp³-hybridized carbons (Fsp3) is 0.500.